The van der Waals surface area contributed by atoms with Crippen molar-refractivity contribution in [3.8, 4) is 0 Å². The first-order valence-electron chi connectivity index (χ1n) is 12.7. The third kappa shape index (κ3) is 16.7. The van der Waals surface area contributed by atoms with E-state index in [-0.39, 0.29) is 12.6 Å². The summed E-state index contributed by atoms with van der Waals surface area (Å²) in [6.07, 6.45) is 21.6. The predicted octanol–water partition coefficient (Wildman–Crippen LogP) is 8.06. The molecule has 178 valence electrons. The van der Waals surface area contributed by atoms with E-state index in [0.29, 0.717) is 6.54 Å². The number of nitrogens with one attached hydrogen (secondary N) is 2. The lowest BCUT2D eigenvalue weighted by Crippen LogP contribution is -2.29. The monoisotopic (exact) mass is 434 g/mol. The van der Waals surface area contributed by atoms with Crippen molar-refractivity contribution in [3.63, 3.8) is 0 Å². The number of carbonyl (C=O) groups is 1. The van der Waals surface area contributed by atoms with E-state index in [2.05, 4.69) is 22.4 Å². The van der Waals surface area contributed by atoms with Crippen molar-refractivity contribution in [2.75, 3.05) is 11.9 Å². The maximum atomic E-state index is 11.9. The zero-order valence-corrected chi connectivity index (χ0v) is 19.8. The molecule has 2 amide bonds. The summed E-state index contributed by atoms with van der Waals surface area (Å²) in [5.41, 5.74) is 1.58. The van der Waals surface area contributed by atoms with Crippen molar-refractivity contribution in [3.05, 3.63) is 29.8 Å². The second kappa shape index (κ2) is 20.3. The lowest BCUT2D eigenvalue weighted by atomic mass is 10.0. The fraction of sp³-hybridized carbons (Fsp3) is 0.731. The molecule has 5 heteroatoms. The van der Waals surface area contributed by atoms with Crippen molar-refractivity contribution in [2.45, 2.75) is 116 Å². The van der Waals surface area contributed by atoms with Gasteiger partial charge >= 0.3 is 6.03 Å². The van der Waals surface area contributed by atoms with Gasteiger partial charge in [-0.3, -0.25) is 5.26 Å². The van der Waals surface area contributed by atoms with Gasteiger partial charge in [0.2, 0.25) is 0 Å². The number of carbonyl (C=O) groups excluding carboxylic acids is 1. The minimum Gasteiger partial charge on any atom is -0.338 e. The number of hydrogen-bond donors (Lipinski definition) is 3. The molecule has 0 aromatic heterocycles. The van der Waals surface area contributed by atoms with Crippen molar-refractivity contribution in [1.82, 2.24) is 5.32 Å². The number of rotatable bonds is 20. The molecule has 0 saturated carbocycles. The molecule has 0 aliphatic rings. The number of amides is 2. The SMILES string of the molecule is CCCCCCCCCCCCCCCCCCNC(=O)Nc1ccc(COO)cc1. The molecule has 0 bridgehead atoms. The molecular formula is C26H46N2O3. The van der Waals surface area contributed by atoms with Gasteiger partial charge in [-0.15, -0.1) is 0 Å². The zero-order chi connectivity index (χ0) is 22.4. The summed E-state index contributed by atoms with van der Waals surface area (Å²) in [6.45, 7) is 3.13. The third-order valence-electron chi connectivity index (χ3n) is 5.76. The molecule has 0 aliphatic heterocycles. The molecular weight excluding hydrogens is 388 g/mol. The van der Waals surface area contributed by atoms with Gasteiger partial charge in [0.15, 0.2) is 0 Å². The van der Waals surface area contributed by atoms with Crippen LogP contribution in [0.2, 0.25) is 0 Å². The quantitative estimate of drug-likeness (QED) is 0.110. The zero-order valence-electron chi connectivity index (χ0n) is 19.8. The molecule has 0 unspecified atom stereocenters. The topological polar surface area (TPSA) is 70.6 Å². The van der Waals surface area contributed by atoms with Crippen molar-refractivity contribution in [2.24, 2.45) is 0 Å². The molecule has 0 aliphatic carbocycles. The highest BCUT2D eigenvalue weighted by Gasteiger charge is 2.01. The average molecular weight is 435 g/mol. The first-order chi connectivity index (χ1) is 15.3. The van der Waals surface area contributed by atoms with Gasteiger partial charge in [-0.2, -0.15) is 0 Å². The van der Waals surface area contributed by atoms with Crippen LogP contribution in [-0.2, 0) is 11.5 Å². The third-order valence-corrected chi connectivity index (χ3v) is 5.76. The van der Waals surface area contributed by atoms with Crippen molar-refractivity contribution in [1.29, 1.82) is 0 Å². The Hall–Kier alpha value is -1.59. The Bertz CT molecular complexity index is 534. The Labute approximate surface area is 190 Å². The maximum absolute atomic E-state index is 11.9. The highest BCUT2D eigenvalue weighted by Crippen LogP contribution is 2.14. The number of benzene rings is 1. The van der Waals surface area contributed by atoms with E-state index < -0.39 is 0 Å². The fourth-order valence-corrected chi connectivity index (χ4v) is 3.81. The molecule has 3 N–H and O–H groups in total. The maximum Gasteiger partial charge on any atom is 0.319 e. The van der Waals surface area contributed by atoms with E-state index >= 15 is 0 Å². The van der Waals surface area contributed by atoms with Gasteiger partial charge in [0, 0.05) is 12.2 Å². The first kappa shape index (κ1) is 27.4. The Morgan fingerprint density at radius 2 is 1.19 bits per heavy atom. The average Bonchev–Trinajstić information content (AvgIpc) is 2.77. The molecule has 0 radical (unpaired) electrons. The molecule has 31 heavy (non-hydrogen) atoms. The van der Waals surface area contributed by atoms with E-state index in [4.69, 9.17) is 5.26 Å². The summed E-state index contributed by atoms with van der Waals surface area (Å²) in [4.78, 5) is 16.0. The molecule has 5 nitrogen and oxygen atoms in total. The van der Waals surface area contributed by atoms with Gasteiger partial charge < -0.3 is 10.6 Å². The van der Waals surface area contributed by atoms with Crippen LogP contribution in [-0.4, -0.2) is 17.8 Å². The van der Waals surface area contributed by atoms with Crippen LogP contribution >= 0.6 is 0 Å². The summed E-state index contributed by atoms with van der Waals surface area (Å²) in [5.74, 6) is 0. The Kier molecular flexibility index (Phi) is 18.0. The Morgan fingerprint density at radius 1 is 0.742 bits per heavy atom. The number of hydrogen-bond acceptors (Lipinski definition) is 3. The second-order valence-electron chi connectivity index (χ2n) is 8.65. The minimum absolute atomic E-state index is 0.145. The molecule has 1 aromatic rings. The molecule has 1 rings (SSSR count). The van der Waals surface area contributed by atoms with Crippen LogP contribution in [0, 0.1) is 0 Å². The van der Waals surface area contributed by atoms with Crippen LogP contribution in [0.25, 0.3) is 0 Å². The van der Waals surface area contributed by atoms with Crippen LogP contribution < -0.4 is 10.6 Å². The molecule has 0 saturated heterocycles. The van der Waals surface area contributed by atoms with Gasteiger partial charge in [0.05, 0.1) is 0 Å². The van der Waals surface area contributed by atoms with Crippen LogP contribution in [0.1, 0.15) is 115 Å². The van der Waals surface area contributed by atoms with Crippen LogP contribution in [0.5, 0.6) is 0 Å². The Morgan fingerprint density at radius 3 is 1.65 bits per heavy atom. The first-order valence-corrected chi connectivity index (χ1v) is 12.7. The second-order valence-corrected chi connectivity index (χ2v) is 8.65. The summed E-state index contributed by atoms with van der Waals surface area (Å²) in [7, 11) is 0. The largest absolute Gasteiger partial charge is 0.338 e. The highest BCUT2D eigenvalue weighted by atomic mass is 17.1. The molecule has 0 fully saturated rings. The molecule has 0 atom stereocenters. The smallest absolute Gasteiger partial charge is 0.319 e. The van der Waals surface area contributed by atoms with Crippen LogP contribution in [0.3, 0.4) is 0 Å². The normalized spacial score (nSPS) is 10.9. The molecule has 0 heterocycles. The van der Waals surface area contributed by atoms with Gasteiger partial charge in [0.1, 0.15) is 6.61 Å². The lowest BCUT2D eigenvalue weighted by Gasteiger charge is -2.08. The van der Waals surface area contributed by atoms with E-state index in [1.807, 2.05) is 0 Å². The van der Waals surface area contributed by atoms with Gasteiger partial charge in [-0.05, 0) is 24.1 Å². The number of anilines is 1. The number of unbranched alkanes of at least 4 members (excludes halogenated alkanes) is 15. The van der Waals surface area contributed by atoms with Crippen molar-refractivity contribution >= 4 is 11.7 Å². The highest BCUT2D eigenvalue weighted by molar-refractivity contribution is 5.89. The fourth-order valence-electron chi connectivity index (χ4n) is 3.81. The molecule has 1 aromatic carbocycles. The van der Waals surface area contributed by atoms with E-state index in [1.54, 1.807) is 24.3 Å². The van der Waals surface area contributed by atoms with Crippen LogP contribution in [0.15, 0.2) is 24.3 Å². The summed E-state index contributed by atoms with van der Waals surface area (Å²) in [6, 6.07) is 7.03. The number of urea groups is 1. The lowest BCUT2D eigenvalue weighted by molar-refractivity contribution is -0.253. The Balaban J connectivity index is 1.82. The molecule has 0 spiro atoms. The summed E-state index contributed by atoms with van der Waals surface area (Å²) < 4.78 is 0. The predicted molar refractivity (Wildman–Crippen MR) is 130 cm³/mol. The standard InChI is InChI=1S/C26H46N2O3/c1-2-3-4-5-6-7-8-9-10-11-12-13-14-15-16-17-22-27-26(29)28-25-20-18-24(19-21-25)23-31-30/h18-21,30H,2-17,22-23H2,1H3,(H2,27,28,29). The summed E-state index contributed by atoms with van der Waals surface area (Å²) >= 11 is 0. The van der Waals surface area contributed by atoms with Gasteiger partial charge in [-0.1, -0.05) is 115 Å². The van der Waals surface area contributed by atoms with E-state index in [9.17, 15) is 4.79 Å². The minimum atomic E-state index is -0.174. The van der Waals surface area contributed by atoms with E-state index in [0.717, 1.165) is 17.7 Å². The van der Waals surface area contributed by atoms with Crippen molar-refractivity contribution < 1.29 is 14.9 Å². The van der Waals surface area contributed by atoms with E-state index in [1.165, 1.54) is 96.3 Å². The van der Waals surface area contributed by atoms with Gasteiger partial charge in [-0.25, -0.2) is 9.68 Å². The summed E-state index contributed by atoms with van der Waals surface area (Å²) in [5, 5.41) is 14.1. The van der Waals surface area contributed by atoms with Crippen LogP contribution in [0.4, 0.5) is 10.5 Å². The van der Waals surface area contributed by atoms with Gasteiger partial charge in [0.25, 0.3) is 0 Å².